The van der Waals surface area contributed by atoms with Crippen molar-refractivity contribution in [2.75, 3.05) is 75.6 Å². The summed E-state index contributed by atoms with van der Waals surface area (Å²) in [5.74, 6) is 0.910. The first-order valence-corrected chi connectivity index (χ1v) is 11.5. The van der Waals surface area contributed by atoms with E-state index in [0.29, 0.717) is 11.3 Å². The molecule has 2 aromatic rings. The van der Waals surface area contributed by atoms with E-state index in [-0.39, 0.29) is 11.9 Å². The van der Waals surface area contributed by atoms with Crippen molar-refractivity contribution in [1.29, 1.82) is 0 Å². The van der Waals surface area contributed by atoms with E-state index in [1.807, 2.05) is 41.3 Å². The number of rotatable bonds is 5. The second-order valence-corrected chi connectivity index (χ2v) is 8.70. The maximum absolute atomic E-state index is 13.4. The number of piperazine rings is 1. The molecule has 0 radical (unpaired) electrons. The molecule has 0 aliphatic carbocycles. The molecule has 3 amide bonds. The van der Waals surface area contributed by atoms with E-state index in [1.54, 1.807) is 21.2 Å². The Kier molecular flexibility index (Phi) is 6.91. The maximum atomic E-state index is 13.4. The molecule has 0 bridgehead atoms. The largest absolute Gasteiger partial charge is 0.495 e. The molecular formula is C25H33N5O3. The van der Waals surface area contributed by atoms with Crippen LogP contribution in [0.2, 0.25) is 0 Å². The van der Waals surface area contributed by atoms with E-state index in [4.69, 9.17) is 4.74 Å². The number of para-hydroxylation sites is 2. The minimum atomic E-state index is -0.215. The van der Waals surface area contributed by atoms with Gasteiger partial charge in [0.25, 0.3) is 5.91 Å². The second kappa shape index (κ2) is 10.0. The Bertz CT molecular complexity index is 995. The fourth-order valence-corrected chi connectivity index (χ4v) is 4.47. The molecule has 0 atom stereocenters. The molecule has 2 saturated heterocycles. The second-order valence-electron chi connectivity index (χ2n) is 8.70. The highest BCUT2D eigenvalue weighted by atomic mass is 16.5. The topological polar surface area (TPSA) is 68.4 Å². The van der Waals surface area contributed by atoms with Crippen LogP contribution in [-0.4, -0.2) is 82.2 Å². The fraction of sp³-hybridized carbons (Fsp3) is 0.440. The van der Waals surface area contributed by atoms with E-state index in [1.165, 1.54) is 4.90 Å². The lowest BCUT2D eigenvalue weighted by Crippen LogP contribution is -2.47. The van der Waals surface area contributed by atoms with E-state index in [0.717, 1.165) is 69.2 Å². The minimum Gasteiger partial charge on any atom is -0.495 e. The zero-order valence-electron chi connectivity index (χ0n) is 19.7. The van der Waals surface area contributed by atoms with Gasteiger partial charge < -0.3 is 29.7 Å². The molecule has 2 aliphatic rings. The number of nitrogens with zero attached hydrogens (tertiary/aromatic N) is 4. The van der Waals surface area contributed by atoms with Gasteiger partial charge in [-0.25, -0.2) is 4.79 Å². The lowest BCUT2D eigenvalue weighted by atomic mass is 10.1. The molecule has 8 heteroatoms. The van der Waals surface area contributed by atoms with Crippen LogP contribution in [0, 0.1) is 0 Å². The van der Waals surface area contributed by atoms with E-state index in [9.17, 15) is 9.59 Å². The summed E-state index contributed by atoms with van der Waals surface area (Å²) in [5, 5.41) is 2.87. The number of hydrogen-bond donors (Lipinski definition) is 1. The Morgan fingerprint density at radius 1 is 0.879 bits per heavy atom. The highest BCUT2D eigenvalue weighted by molar-refractivity contribution is 6.02. The normalized spacial score (nSPS) is 16.0. The third-order valence-electron chi connectivity index (χ3n) is 6.32. The van der Waals surface area contributed by atoms with Crippen LogP contribution in [0.3, 0.4) is 0 Å². The number of nitrogens with one attached hydrogen (secondary N) is 1. The van der Waals surface area contributed by atoms with Crippen LogP contribution in [0.25, 0.3) is 0 Å². The van der Waals surface area contributed by atoms with Crippen molar-refractivity contribution in [1.82, 2.24) is 9.80 Å². The molecule has 4 rings (SSSR count). The van der Waals surface area contributed by atoms with E-state index < -0.39 is 0 Å². The van der Waals surface area contributed by atoms with Gasteiger partial charge in [-0.05, 0) is 43.2 Å². The number of likely N-dealkylation sites (tertiary alicyclic amines) is 1. The van der Waals surface area contributed by atoms with Gasteiger partial charge in [-0.1, -0.05) is 12.1 Å². The summed E-state index contributed by atoms with van der Waals surface area (Å²) >= 11 is 0. The van der Waals surface area contributed by atoms with Crippen molar-refractivity contribution < 1.29 is 14.3 Å². The summed E-state index contributed by atoms with van der Waals surface area (Å²) < 4.78 is 5.54. The monoisotopic (exact) mass is 451 g/mol. The molecule has 2 fully saturated rings. The van der Waals surface area contributed by atoms with Crippen molar-refractivity contribution in [3.05, 3.63) is 48.0 Å². The summed E-state index contributed by atoms with van der Waals surface area (Å²) in [5.41, 5.74) is 3.30. The number of amides is 3. The number of carbonyl (C=O) groups is 2. The van der Waals surface area contributed by atoms with Crippen LogP contribution >= 0.6 is 0 Å². The molecule has 0 aromatic heterocycles. The number of benzene rings is 2. The minimum absolute atomic E-state index is 0.0376. The summed E-state index contributed by atoms with van der Waals surface area (Å²) in [7, 11) is 5.09. The first kappa shape index (κ1) is 22.8. The number of carbonyl (C=O) groups excluding carboxylic acids is 2. The van der Waals surface area contributed by atoms with Crippen molar-refractivity contribution in [3.8, 4) is 5.75 Å². The van der Waals surface area contributed by atoms with Gasteiger partial charge in [-0.3, -0.25) is 4.79 Å². The molecule has 0 spiro atoms. The predicted octanol–water partition coefficient (Wildman–Crippen LogP) is 3.35. The molecule has 2 heterocycles. The van der Waals surface area contributed by atoms with Crippen molar-refractivity contribution >= 4 is 29.0 Å². The lowest BCUT2D eigenvalue weighted by Gasteiger charge is -2.38. The Balaban J connectivity index is 1.56. The molecule has 176 valence electrons. The van der Waals surface area contributed by atoms with Crippen molar-refractivity contribution in [2.24, 2.45) is 0 Å². The predicted molar refractivity (Wildman–Crippen MR) is 132 cm³/mol. The summed E-state index contributed by atoms with van der Waals surface area (Å²) in [4.78, 5) is 33.5. The van der Waals surface area contributed by atoms with Gasteiger partial charge >= 0.3 is 6.03 Å². The number of anilines is 3. The molecular weight excluding hydrogens is 418 g/mol. The molecule has 1 N–H and O–H groups in total. The average molecular weight is 452 g/mol. The van der Waals surface area contributed by atoms with Gasteiger partial charge in [-0.2, -0.15) is 0 Å². The lowest BCUT2D eigenvalue weighted by molar-refractivity contribution is 0.0793. The Morgan fingerprint density at radius 3 is 2.15 bits per heavy atom. The van der Waals surface area contributed by atoms with Gasteiger partial charge in [0.15, 0.2) is 0 Å². The van der Waals surface area contributed by atoms with E-state index >= 15 is 0 Å². The molecule has 2 aliphatic heterocycles. The Labute approximate surface area is 195 Å². The number of ether oxygens (including phenoxy) is 1. The number of hydrogen-bond acceptors (Lipinski definition) is 5. The van der Waals surface area contributed by atoms with Crippen LogP contribution in [-0.2, 0) is 0 Å². The average Bonchev–Trinajstić information content (AvgIpc) is 3.38. The Morgan fingerprint density at radius 2 is 1.52 bits per heavy atom. The maximum Gasteiger partial charge on any atom is 0.321 e. The van der Waals surface area contributed by atoms with Crippen LogP contribution in [0.1, 0.15) is 23.2 Å². The zero-order chi connectivity index (χ0) is 23.4. The Hall–Kier alpha value is -3.42. The van der Waals surface area contributed by atoms with Crippen molar-refractivity contribution in [2.45, 2.75) is 12.8 Å². The summed E-state index contributed by atoms with van der Waals surface area (Å²) in [6.45, 7) is 4.82. The molecule has 0 saturated carbocycles. The number of urea groups is 1. The molecule has 33 heavy (non-hydrogen) atoms. The third-order valence-corrected chi connectivity index (χ3v) is 6.32. The summed E-state index contributed by atoms with van der Waals surface area (Å²) in [6, 6.07) is 13.5. The van der Waals surface area contributed by atoms with Crippen molar-refractivity contribution in [3.63, 3.8) is 0 Å². The van der Waals surface area contributed by atoms with Crippen LogP contribution < -0.4 is 19.9 Å². The molecule has 2 aromatic carbocycles. The summed E-state index contributed by atoms with van der Waals surface area (Å²) in [6.07, 6.45) is 2.07. The van der Waals surface area contributed by atoms with Gasteiger partial charge in [-0.15, -0.1) is 0 Å². The third kappa shape index (κ3) is 4.99. The van der Waals surface area contributed by atoms with Gasteiger partial charge in [0.1, 0.15) is 5.75 Å². The van der Waals surface area contributed by atoms with Crippen LogP contribution in [0.15, 0.2) is 42.5 Å². The standard InChI is InChI=1S/C25H33N5O3/c1-27(2)25(32)26-19-10-11-21(20(18-19)24(31)30-12-6-7-13-30)28-14-16-29(17-15-28)22-8-4-5-9-23(22)33-3/h4-5,8-11,18H,6-7,12-17H2,1-3H3,(H,26,32). The smallest absolute Gasteiger partial charge is 0.321 e. The SMILES string of the molecule is COc1ccccc1N1CCN(c2ccc(NC(=O)N(C)C)cc2C(=O)N2CCCC2)CC1. The first-order valence-electron chi connectivity index (χ1n) is 11.5. The highest BCUT2D eigenvalue weighted by Gasteiger charge is 2.27. The fourth-order valence-electron chi connectivity index (χ4n) is 4.47. The first-order chi connectivity index (χ1) is 16.0. The van der Waals surface area contributed by atoms with E-state index in [2.05, 4.69) is 21.2 Å². The van der Waals surface area contributed by atoms with Gasteiger partial charge in [0.2, 0.25) is 0 Å². The highest BCUT2D eigenvalue weighted by Crippen LogP contribution is 2.31. The zero-order valence-corrected chi connectivity index (χ0v) is 19.7. The molecule has 8 nitrogen and oxygen atoms in total. The molecule has 0 unspecified atom stereocenters. The van der Waals surface area contributed by atoms with Gasteiger partial charge in [0.05, 0.1) is 18.4 Å². The van der Waals surface area contributed by atoms with Crippen LogP contribution in [0.5, 0.6) is 5.75 Å². The van der Waals surface area contributed by atoms with Gasteiger partial charge in [0, 0.05) is 64.7 Å². The number of methoxy groups -OCH3 is 1. The van der Waals surface area contributed by atoms with Crippen LogP contribution in [0.4, 0.5) is 21.9 Å². The quantitative estimate of drug-likeness (QED) is 0.755.